The zero-order valence-electron chi connectivity index (χ0n) is 15.4. The topological polar surface area (TPSA) is 69.7 Å². The molecule has 0 radical (unpaired) electrons. The molecule has 1 N–H and O–H groups in total. The Morgan fingerprint density at radius 1 is 1.16 bits per heavy atom. The molecule has 1 atom stereocenters. The lowest BCUT2D eigenvalue weighted by Crippen LogP contribution is -2.47. The first-order chi connectivity index (χ1) is 11.8. The number of rotatable bonds is 7. The molecular formula is C18H29N3O3S. The average Bonchev–Trinajstić information content (AvgIpc) is 2.55. The lowest BCUT2D eigenvalue weighted by molar-refractivity contribution is 0.0938. The maximum Gasteiger partial charge on any atom is 0.251 e. The predicted octanol–water partition coefficient (Wildman–Crippen LogP) is 1.68. The van der Waals surface area contributed by atoms with Crippen molar-refractivity contribution in [2.45, 2.75) is 38.5 Å². The van der Waals surface area contributed by atoms with Crippen LogP contribution in [0.15, 0.2) is 24.3 Å². The Kier molecular flexibility index (Phi) is 6.98. The standard InChI is InChI=1S/C18H29N3O3S/c1-4-5-15(2)19-18(22)17-8-6-16(7-9-17)14-25(23,24)21-12-10-20(3)11-13-21/h6-9,15H,4-5,10-14H2,1-3H3,(H,19,22)/t15-/m0/s1. The molecule has 7 heteroatoms. The summed E-state index contributed by atoms with van der Waals surface area (Å²) in [6.45, 7) is 6.66. The SMILES string of the molecule is CCC[C@H](C)NC(=O)c1ccc(CS(=O)(=O)N2CCN(C)CC2)cc1. The van der Waals surface area contributed by atoms with Crippen LogP contribution in [0.5, 0.6) is 0 Å². The summed E-state index contributed by atoms with van der Waals surface area (Å²) in [5.74, 6) is -0.139. The quantitative estimate of drug-likeness (QED) is 0.796. The fraction of sp³-hybridized carbons (Fsp3) is 0.611. The van der Waals surface area contributed by atoms with Gasteiger partial charge in [-0.15, -0.1) is 0 Å². The van der Waals surface area contributed by atoms with Crippen molar-refractivity contribution < 1.29 is 13.2 Å². The van der Waals surface area contributed by atoms with Gasteiger partial charge in [0.05, 0.1) is 5.75 Å². The fourth-order valence-electron chi connectivity index (χ4n) is 2.93. The Balaban J connectivity index is 1.96. The van der Waals surface area contributed by atoms with E-state index < -0.39 is 10.0 Å². The Labute approximate surface area is 151 Å². The van der Waals surface area contributed by atoms with Crippen LogP contribution in [0.2, 0.25) is 0 Å². The molecule has 0 unspecified atom stereocenters. The summed E-state index contributed by atoms with van der Waals surface area (Å²) < 4.78 is 26.6. The monoisotopic (exact) mass is 367 g/mol. The Bertz CT molecular complexity index is 665. The Hall–Kier alpha value is -1.44. The largest absolute Gasteiger partial charge is 0.350 e. The molecular weight excluding hydrogens is 338 g/mol. The molecule has 1 saturated heterocycles. The molecule has 1 aromatic carbocycles. The Morgan fingerprint density at radius 3 is 2.32 bits per heavy atom. The summed E-state index contributed by atoms with van der Waals surface area (Å²) in [6, 6.07) is 6.99. The van der Waals surface area contributed by atoms with Gasteiger partial charge >= 0.3 is 0 Å². The van der Waals surface area contributed by atoms with Gasteiger partial charge in [0.15, 0.2) is 0 Å². The first kappa shape index (κ1) is 19.9. The normalized spacial score (nSPS) is 18.0. The maximum absolute atomic E-state index is 12.5. The van der Waals surface area contributed by atoms with E-state index in [9.17, 15) is 13.2 Å². The van der Waals surface area contributed by atoms with Gasteiger partial charge in [0, 0.05) is 37.8 Å². The second-order valence-electron chi connectivity index (χ2n) is 6.82. The number of piperazine rings is 1. The second kappa shape index (κ2) is 8.78. The van der Waals surface area contributed by atoms with Gasteiger partial charge in [-0.3, -0.25) is 4.79 Å². The van der Waals surface area contributed by atoms with E-state index in [1.807, 2.05) is 14.0 Å². The van der Waals surface area contributed by atoms with E-state index in [0.717, 1.165) is 25.9 Å². The van der Waals surface area contributed by atoms with Gasteiger partial charge in [0.2, 0.25) is 10.0 Å². The summed E-state index contributed by atoms with van der Waals surface area (Å²) in [7, 11) is -1.32. The van der Waals surface area contributed by atoms with Gasteiger partial charge in [-0.2, -0.15) is 4.31 Å². The van der Waals surface area contributed by atoms with Crippen molar-refractivity contribution in [3.05, 3.63) is 35.4 Å². The van der Waals surface area contributed by atoms with Crippen molar-refractivity contribution >= 4 is 15.9 Å². The maximum atomic E-state index is 12.5. The zero-order chi connectivity index (χ0) is 18.4. The highest BCUT2D eigenvalue weighted by molar-refractivity contribution is 7.88. The van der Waals surface area contributed by atoms with E-state index in [0.29, 0.717) is 24.2 Å². The van der Waals surface area contributed by atoms with Crippen molar-refractivity contribution in [1.82, 2.24) is 14.5 Å². The van der Waals surface area contributed by atoms with Crippen LogP contribution in [0.3, 0.4) is 0 Å². The van der Waals surface area contributed by atoms with Crippen LogP contribution in [0, 0.1) is 0 Å². The van der Waals surface area contributed by atoms with Crippen LogP contribution in [0.25, 0.3) is 0 Å². The number of sulfonamides is 1. The highest BCUT2D eigenvalue weighted by atomic mass is 32.2. The molecule has 0 spiro atoms. The van der Waals surface area contributed by atoms with Gasteiger partial charge in [-0.1, -0.05) is 25.5 Å². The number of nitrogens with one attached hydrogen (secondary N) is 1. The first-order valence-corrected chi connectivity index (χ1v) is 10.5. The third-order valence-electron chi connectivity index (χ3n) is 4.52. The number of hydrogen-bond donors (Lipinski definition) is 1. The summed E-state index contributed by atoms with van der Waals surface area (Å²) >= 11 is 0. The molecule has 0 saturated carbocycles. The van der Waals surface area contributed by atoms with Crippen molar-refractivity contribution in [3.63, 3.8) is 0 Å². The third kappa shape index (κ3) is 5.80. The minimum Gasteiger partial charge on any atom is -0.350 e. The van der Waals surface area contributed by atoms with E-state index >= 15 is 0 Å². The number of nitrogens with zero attached hydrogens (tertiary/aromatic N) is 2. The summed E-state index contributed by atoms with van der Waals surface area (Å²) in [6.07, 6.45) is 1.96. The zero-order valence-corrected chi connectivity index (χ0v) is 16.2. The van der Waals surface area contributed by atoms with Crippen LogP contribution < -0.4 is 5.32 Å². The molecule has 1 aromatic rings. The number of carbonyl (C=O) groups excluding carboxylic acids is 1. The molecule has 1 aliphatic rings. The molecule has 25 heavy (non-hydrogen) atoms. The highest BCUT2D eigenvalue weighted by Gasteiger charge is 2.25. The average molecular weight is 368 g/mol. The molecule has 6 nitrogen and oxygen atoms in total. The van der Waals surface area contributed by atoms with Gasteiger partial charge in [0.1, 0.15) is 0 Å². The minimum atomic E-state index is -3.31. The highest BCUT2D eigenvalue weighted by Crippen LogP contribution is 2.14. The summed E-state index contributed by atoms with van der Waals surface area (Å²) in [4.78, 5) is 14.3. The van der Waals surface area contributed by atoms with Crippen molar-refractivity contribution in [1.29, 1.82) is 0 Å². The van der Waals surface area contributed by atoms with Gasteiger partial charge in [-0.05, 0) is 38.1 Å². The molecule has 1 aliphatic heterocycles. The molecule has 0 aromatic heterocycles. The molecule has 2 rings (SSSR count). The summed E-state index contributed by atoms with van der Waals surface area (Å²) in [5.41, 5.74) is 1.26. The molecule has 0 aliphatic carbocycles. The van der Waals surface area contributed by atoms with Gasteiger partial charge in [-0.25, -0.2) is 8.42 Å². The van der Waals surface area contributed by atoms with Gasteiger partial charge < -0.3 is 10.2 Å². The predicted molar refractivity (Wildman–Crippen MR) is 100.0 cm³/mol. The molecule has 1 heterocycles. The molecule has 0 bridgehead atoms. The van der Waals surface area contributed by atoms with E-state index in [2.05, 4.69) is 17.1 Å². The fourth-order valence-corrected chi connectivity index (χ4v) is 4.45. The molecule has 140 valence electrons. The van der Waals surface area contributed by atoms with Crippen molar-refractivity contribution in [2.24, 2.45) is 0 Å². The van der Waals surface area contributed by atoms with Crippen molar-refractivity contribution in [3.8, 4) is 0 Å². The van der Waals surface area contributed by atoms with Crippen LogP contribution in [-0.4, -0.2) is 62.8 Å². The van der Waals surface area contributed by atoms with Crippen LogP contribution >= 0.6 is 0 Å². The Morgan fingerprint density at radius 2 is 1.76 bits per heavy atom. The lowest BCUT2D eigenvalue weighted by atomic mass is 10.1. The molecule has 1 amide bonds. The second-order valence-corrected chi connectivity index (χ2v) is 8.79. The summed E-state index contributed by atoms with van der Waals surface area (Å²) in [5, 5.41) is 2.95. The smallest absolute Gasteiger partial charge is 0.251 e. The number of amides is 1. The van der Waals surface area contributed by atoms with E-state index in [1.54, 1.807) is 28.6 Å². The lowest BCUT2D eigenvalue weighted by Gasteiger charge is -2.31. The third-order valence-corrected chi connectivity index (χ3v) is 6.37. The minimum absolute atomic E-state index is 0.0230. The van der Waals surface area contributed by atoms with Gasteiger partial charge in [0.25, 0.3) is 5.91 Å². The number of likely N-dealkylation sites (N-methyl/N-ethyl adjacent to an activating group) is 1. The van der Waals surface area contributed by atoms with Crippen molar-refractivity contribution in [2.75, 3.05) is 33.2 Å². The first-order valence-electron chi connectivity index (χ1n) is 8.88. The number of carbonyl (C=O) groups is 1. The van der Waals surface area contributed by atoms with Crippen LogP contribution in [0.1, 0.15) is 42.6 Å². The van der Waals surface area contributed by atoms with E-state index in [4.69, 9.17) is 0 Å². The van der Waals surface area contributed by atoms with Crippen LogP contribution in [-0.2, 0) is 15.8 Å². The number of hydrogen-bond acceptors (Lipinski definition) is 4. The number of benzene rings is 1. The van der Waals surface area contributed by atoms with E-state index in [1.165, 1.54) is 0 Å². The van der Waals surface area contributed by atoms with E-state index in [-0.39, 0.29) is 17.7 Å². The van der Waals surface area contributed by atoms with Crippen LogP contribution in [0.4, 0.5) is 0 Å². The molecule has 1 fully saturated rings.